The van der Waals surface area contributed by atoms with Crippen molar-refractivity contribution in [3.63, 3.8) is 0 Å². The van der Waals surface area contributed by atoms with Gasteiger partial charge < -0.3 is 5.11 Å². The van der Waals surface area contributed by atoms with E-state index in [-0.39, 0.29) is 16.6 Å². The molecule has 0 bridgehead atoms. The van der Waals surface area contributed by atoms with Gasteiger partial charge >= 0.3 is 10.2 Å². The van der Waals surface area contributed by atoms with Crippen molar-refractivity contribution in [2.75, 3.05) is 6.26 Å². The number of phenolic OH excluding ortho intramolecular Hbond substituents is 1. The smallest absolute Gasteiger partial charge is 0.310 e. The summed E-state index contributed by atoms with van der Waals surface area (Å²) in [4.78, 5) is -4.30. The van der Waals surface area contributed by atoms with Crippen LogP contribution in [0.4, 0.5) is 19.4 Å². The van der Waals surface area contributed by atoms with Crippen molar-refractivity contribution in [3.8, 4) is 5.75 Å². The summed E-state index contributed by atoms with van der Waals surface area (Å²) < 4.78 is 114. The second-order valence-electron chi connectivity index (χ2n) is 5.92. The number of halogens is 6. The zero-order chi connectivity index (χ0) is 21.8. The van der Waals surface area contributed by atoms with Crippen LogP contribution in [0.15, 0.2) is 55.6 Å². The Hall–Kier alpha value is -1.38. The summed E-state index contributed by atoms with van der Waals surface area (Å²) in [6, 6.07) is 3.49. The number of benzene rings is 2. The van der Waals surface area contributed by atoms with E-state index in [1.807, 2.05) is 0 Å². The van der Waals surface area contributed by atoms with Crippen LogP contribution in [0.3, 0.4) is 0 Å². The van der Waals surface area contributed by atoms with Gasteiger partial charge in [-0.1, -0.05) is 35.4 Å². The van der Waals surface area contributed by atoms with Gasteiger partial charge in [0.15, 0.2) is 19.7 Å². The first kappa shape index (κ1) is 22.9. The average molecular weight is 531 g/mol. The zero-order valence-electron chi connectivity index (χ0n) is 13.7. The Morgan fingerprint density at radius 3 is 2.04 bits per heavy atom. The Bertz CT molecular complexity index is 1180. The molecule has 0 aliphatic carbocycles. The molecule has 0 unspecified atom stereocenters. The Kier molecular flexibility index (Phi) is 4.96. The van der Waals surface area contributed by atoms with Crippen molar-refractivity contribution in [2.45, 2.75) is 20.4 Å². The summed E-state index contributed by atoms with van der Waals surface area (Å²) in [7, 11) is -19.2. The van der Waals surface area contributed by atoms with E-state index in [1.165, 1.54) is 6.07 Å². The third kappa shape index (κ3) is 5.36. The summed E-state index contributed by atoms with van der Waals surface area (Å²) in [5.41, 5.74) is -0.828. The highest BCUT2D eigenvalue weighted by molar-refractivity contribution is 9.10. The lowest BCUT2D eigenvalue weighted by atomic mass is 10.2. The van der Waals surface area contributed by atoms with Crippen LogP contribution in [-0.2, 0) is 25.4 Å². The predicted molar refractivity (Wildman–Crippen MR) is 97.6 cm³/mol. The van der Waals surface area contributed by atoms with Gasteiger partial charge in [0.05, 0.1) is 10.6 Å². The number of hydrogen-bond donors (Lipinski definition) is 1. The molecule has 2 aromatic carbocycles. The number of rotatable bonds is 5. The standard InChI is InChI=1S/C14H12BrF5O5S3/c1-26(22,23)11-4-9(5-12(7-11)28(16,17,18,19)20)8-27(24,25)14-6-10(15)2-3-13(14)21/h2-7,21H,8H2,1H3. The maximum atomic E-state index is 13.2. The zero-order valence-corrected chi connectivity index (χ0v) is 17.8. The van der Waals surface area contributed by atoms with Gasteiger partial charge in [-0.2, -0.15) is 0 Å². The molecule has 1 N–H and O–H groups in total. The topological polar surface area (TPSA) is 88.5 Å². The van der Waals surface area contributed by atoms with Gasteiger partial charge in [-0.15, -0.1) is 0 Å². The first-order valence-electron chi connectivity index (χ1n) is 6.98. The number of aromatic hydroxyl groups is 1. The largest absolute Gasteiger partial charge is 0.507 e. The third-order valence-electron chi connectivity index (χ3n) is 3.43. The molecule has 5 nitrogen and oxygen atoms in total. The van der Waals surface area contributed by atoms with Gasteiger partial charge in [-0.05, 0) is 42.0 Å². The van der Waals surface area contributed by atoms with Gasteiger partial charge in [0, 0.05) is 10.7 Å². The van der Waals surface area contributed by atoms with E-state index in [0.717, 1.165) is 12.1 Å². The molecule has 14 heteroatoms. The lowest BCUT2D eigenvalue weighted by Crippen LogP contribution is -2.11. The number of phenols is 1. The van der Waals surface area contributed by atoms with E-state index in [4.69, 9.17) is 0 Å². The molecule has 158 valence electrons. The minimum absolute atomic E-state index is 0.108. The van der Waals surface area contributed by atoms with Crippen molar-refractivity contribution in [1.29, 1.82) is 0 Å². The lowest BCUT2D eigenvalue weighted by Gasteiger charge is -2.40. The highest BCUT2D eigenvalue weighted by Crippen LogP contribution is 3.02. The van der Waals surface area contributed by atoms with Crippen LogP contribution in [0.1, 0.15) is 5.56 Å². The molecule has 0 saturated carbocycles. The molecule has 28 heavy (non-hydrogen) atoms. The van der Waals surface area contributed by atoms with E-state index in [9.17, 15) is 41.4 Å². The maximum absolute atomic E-state index is 13.2. The van der Waals surface area contributed by atoms with Gasteiger partial charge in [0.1, 0.15) is 15.5 Å². The molecule has 0 spiro atoms. The molecule has 2 rings (SSSR count). The summed E-state index contributed by atoms with van der Waals surface area (Å²) in [6.07, 6.45) is 0.496. The van der Waals surface area contributed by atoms with Gasteiger partial charge in [0.2, 0.25) is 0 Å². The minimum atomic E-state index is -10.3. The molecular formula is C14H12BrF5O5S3. The highest BCUT2D eigenvalue weighted by atomic mass is 79.9. The molecule has 0 radical (unpaired) electrons. The normalized spacial score (nSPS) is 15.7. The maximum Gasteiger partial charge on any atom is 0.310 e. The van der Waals surface area contributed by atoms with Crippen LogP contribution in [-0.4, -0.2) is 28.2 Å². The van der Waals surface area contributed by atoms with E-state index < -0.39 is 61.7 Å². The van der Waals surface area contributed by atoms with Crippen molar-refractivity contribution < 1.29 is 41.4 Å². The monoisotopic (exact) mass is 530 g/mol. The molecule has 0 amide bonds. The number of sulfone groups is 2. The Labute approximate surface area is 165 Å². The van der Waals surface area contributed by atoms with Crippen LogP contribution in [0.25, 0.3) is 0 Å². The fourth-order valence-electron chi connectivity index (χ4n) is 2.19. The van der Waals surface area contributed by atoms with Crippen LogP contribution in [0.5, 0.6) is 5.75 Å². The van der Waals surface area contributed by atoms with E-state index in [2.05, 4.69) is 15.9 Å². The summed E-state index contributed by atoms with van der Waals surface area (Å²) in [5, 5.41) is 9.71. The first-order chi connectivity index (χ1) is 12.2. The van der Waals surface area contributed by atoms with Crippen LogP contribution in [0, 0.1) is 0 Å². The van der Waals surface area contributed by atoms with Crippen molar-refractivity contribution in [2.24, 2.45) is 0 Å². The molecule has 0 atom stereocenters. The quantitative estimate of drug-likeness (QED) is 0.537. The molecule has 2 aromatic rings. The van der Waals surface area contributed by atoms with Gasteiger partial charge in [-0.3, -0.25) is 0 Å². The third-order valence-corrected chi connectivity index (χ3v) is 7.85. The Morgan fingerprint density at radius 1 is 0.964 bits per heavy atom. The van der Waals surface area contributed by atoms with Crippen molar-refractivity contribution in [3.05, 3.63) is 46.4 Å². The second-order valence-corrected chi connectivity index (χ2v) is 13.2. The minimum Gasteiger partial charge on any atom is -0.507 e. The van der Waals surface area contributed by atoms with E-state index in [1.54, 1.807) is 0 Å². The number of hydrogen-bond acceptors (Lipinski definition) is 5. The Morgan fingerprint density at radius 2 is 1.54 bits per heavy atom. The van der Waals surface area contributed by atoms with Crippen LogP contribution in [0.2, 0.25) is 0 Å². The molecular weight excluding hydrogens is 519 g/mol. The van der Waals surface area contributed by atoms with Crippen LogP contribution >= 0.6 is 26.2 Å². The fourth-order valence-corrected chi connectivity index (χ4v) is 5.66. The summed E-state index contributed by atoms with van der Waals surface area (Å²) in [6.45, 7) is 0. The summed E-state index contributed by atoms with van der Waals surface area (Å²) in [5.74, 6) is -1.96. The van der Waals surface area contributed by atoms with Crippen molar-refractivity contribution in [1.82, 2.24) is 0 Å². The SMILES string of the molecule is CS(=O)(=O)c1cc(CS(=O)(=O)c2cc(Br)ccc2O)cc(S(F)(F)(F)(F)F)c1. The lowest BCUT2D eigenvalue weighted by molar-refractivity contribution is 0.363. The molecule has 0 heterocycles. The van der Waals surface area contributed by atoms with Crippen LogP contribution < -0.4 is 0 Å². The second kappa shape index (κ2) is 6.06. The van der Waals surface area contributed by atoms with Gasteiger partial charge in [-0.25, -0.2) is 16.8 Å². The van der Waals surface area contributed by atoms with E-state index in [0.29, 0.717) is 12.3 Å². The molecule has 0 saturated heterocycles. The average Bonchev–Trinajstić information content (AvgIpc) is 2.45. The molecule has 0 fully saturated rings. The van der Waals surface area contributed by atoms with Crippen molar-refractivity contribution >= 4 is 45.8 Å². The Balaban J connectivity index is 2.71. The predicted octanol–water partition coefficient (Wildman–Crippen LogP) is 5.19. The fraction of sp³-hybridized carbons (Fsp3) is 0.143. The highest BCUT2D eigenvalue weighted by Gasteiger charge is 2.65. The molecule has 0 aliphatic heterocycles. The molecule has 0 aliphatic rings. The van der Waals surface area contributed by atoms with Gasteiger partial charge in [0.25, 0.3) is 0 Å². The summed E-state index contributed by atoms with van der Waals surface area (Å²) >= 11 is 2.97. The van der Waals surface area contributed by atoms with E-state index >= 15 is 0 Å². The first-order valence-corrected chi connectivity index (χ1v) is 13.3. The molecule has 0 aromatic heterocycles.